The molecule has 2 aromatic carbocycles. The monoisotopic (exact) mass is 312 g/mol. The van der Waals surface area contributed by atoms with Crippen LogP contribution in [0.25, 0.3) is 0 Å². The van der Waals surface area contributed by atoms with Crippen molar-refractivity contribution in [3.05, 3.63) is 65.5 Å². The molecular weight excluding hydrogens is 295 g/mol. The summed E-state index contributed by atoms with van der Waals surface area (Å²) in [5.74, 6) is -0.0722. The van der Waals surface area contributed by atoms with Crippen LogP contribution in [0.15, 0.2) is 48.5 Å². The fourth-order valence-electron chi connectivity index (χ4n) is 2.03. The first-order valence-corrected chi connectivity index (χ1v) is 7.22. The van der Waals surface area contributed by atoms with E-state index in [1.165, 1.54) is 12.1 Å². The van der Waals surface area contributed by atoms with Crippen molar-refractivity contribution >= 4 is 5.91 Å². The van der Waals surface area contributed by atoms with Gasteiger partial charge in [0.25, 0.3) is 5.91 Å². The summed E-state index contributed by atoms with van der Waals surface area (Å²) in [5.41, 5.74) is 1.34. The molecule has 23 heavy (non-hydrogen) atoms. The third-order valence-electron chi connectivity index (χ3n) is 3.39. The molecule has 2 aromatic rings. The average molecular weight is 312 g/mol. The highest BCUT2D eigenvalue weighted by Crippen LogP contribution is 2.16. The number of rotatable bonds is 5. The van der Waals surface area contributed by atoms with E-state index >= 15 is 0 Å². The van der Waals surface area contributed by atoms with Crippen LogP contribution >= 0.6 is 0 Å². The molecule has 0 aliphatic rings. The standard InChI is InChI=1S/C18H17FN2O2/c1-12(15-5-7-16(19)8-6-15)21-18(22)13(2)23-17-9-3-14(11-20)4-10-17/h3-10,12-13H,1-2H3,(H,21,22)/t12-,13+/m0/s1. The number of amides is 1. The Morgan fingerprint density at radius 3 is 2.30 bits per heavy atom. The molecule has 0 spiro atoms. The molecule has 0 aliphatic carbocycles. The van der Waals surface area contributed by atoms with Crippen molar-refractivity contribution in [2.45, 2.75) is 26.0 Å². The van der Waals surface area contributed by atoms with E-state index in [9.17, 15) is 9.18 Å². The first-order valence-electron chi connectivity index (χ1n) is 7.22. The molecule has 0 heterocycles. The first-order chi connectivity index (χ1) is 11.0. The van der Waals surface area contributed by atoms with E-state index < -0.39 is 6.10 Å². The van der Waals surface area contributed by atoms with Crippen LogP contribution in [0.2, 0.25) is 0 Å². The Hall–Kier alpha value is -2.87. The molecule has 0 bridgehead atoms. The van der Waals surface area contributed by atoms with Crippen molar-refractivity contribution in [3.63, 3.8) is 0 Å². The maximum Gasteiger partial charge on any atom is 0.261 e. The van der Waals surface area contributed by atoms with Crippen molar-refractivity contribution in [3.8, 4) is 11.8 Å². The summed E-state index contributed by atoms with van der Waals surface area (Å²) in [7, 11) is 0. The second-order valence-corrected chi connectivity index (χ2v) is 5.18. The predicted octanol–water partition coefficient (Wildman–Crippen LogP) is 3.34. The van der Waals surface area contributed by atoms with Crippen LogP contribution in [0, 0.1) is 17.1 Å². The third-order valence-corrected chi connectivity index (χ3v) is 3.39. The predicted molar refractivity (Wildman–Crippen MR) is 84.2 cm³/mol. The Morgan fingerprint density at radius 2 is 1.74 bits per heavy atom. The number of ether oxygens (including phenoxy) is 1. The number of nitrogens with one attached hydrogen (secondary N) is 1. The van der Waals surface area contributed by atoms with Gasteiger partial charge in [0.1, 0.15) is 11.6 Å². The van der Waals surface area contributed by atoms with Gasteiger partial charge in [-0.2, -0.15) is 5.26 Å². The van der Waals surface area contributed by atoms with Crippen LogP contribution in [0.1, 0.15) is 31.0 Å². The third kappa shape index (κ3) is 4.55. The lowest BCUT2D eigenvalue weighted by atomic mass is 10.1. The minimum Gasteiger partial charge on any atom is -0.481 e. The van der Waals surface area contributed by atoms with E-state index in [4.69, 9.17) is 10.00 Å². The Kier molecular flexibility index (Phi) is 5.32. The molecule has 1 amide bonds. The van der Waals surface area contributed by atoms with Gasteiger partial charge in [-0.1, -0.05) is 12.1 Å². The highest BCUT2D eigenvalue weighted by molar-refractivity contribution is 5.81. The lowest BCUT2D eigenvalue weighted by molar-refractivity contribution is -0.127. The van der Waals surface area contributed by atoms with Crippen molar-refractivity contribution in [2.75, 3.05) is 0 Å². The molecule has 0 aromatic heterocycles. The molecule has 0 aliphatic heterocycles. The Balaban J connectivity index is 1.93. The van der Waals surface area contributed by atoms with Crippen LogP contribution < -0.4 is 10.1 Å². The largest absolute Gasteiger partial charge is 0.481 e. The molecule has 0 unspecified atom stereocenters. The van der Waals surface area contributed by atoms with Gasteiger partial charge >= 0.3 is 0 Å². The number of halogens is 1. The highest BCUT2D eigenvalue weighted by atomic mass is 19.1. The summed E-state index contributed by atoms with van der Waals surface area (Å²) in [6.07, 6.45) is -0.689. The fourth-order valence-corrected chi connectivity index (χ4v) is 2.03. The van der Waals surface area contributed by atoms with E-state index in [0.717, 1.165) is 5.56 Å². The molecule has 5 heteroatoms. The van der Waals surface area contributed by atoms with Crippen LogP contribution in [-0.2, 0) is 4.79 Å². The maximum atomic E-state index is 12.9. The summed E-state index contributed by atoms with van der Waals surface area (Å²) in [4.78, 5) is 12.2. The number of carbonyl (C=O) groups excluding carboxylic acids is 1. The quantitative estimate of drug-likeness (QED) is 0.921. The number of nitrogens with zero attached hydrogens (tertiary/aromatic N) is 1. The van der Waals surface area contributed by atoms with Gasteiger partial charge in [0.15, 0.2) is 6.10 Å². The van der Waals surface area contributed by atoms with E-state index in [-0.39, 0.29) is 17.8 Å². The number of benzene rings is 2. The Morgan fingerprint density at radius 1 is 1.13 bits per heavy atom. The molecule has 0 radical (unpaired) electrons. The Labute approximate surface area is 134 Å². The van der Waals surface area contributed by atoms with Crippen molar-refractivity contribution < 1.29 is 13.9 Å². The average Bonchev–Trinajstić information content (AvgIpc) is 2.56. The fraction of sp³-hybridized carbons (Fsp3) is 0.222. The smallest absolute Gasteiger partial charge is 0.261 e. The number of hydrogen-bond acceptors (Lipinski definition) is 3. The minimum atomic E-state index is -0.689. The molecule has 118 valence electrons. The molecule has 2 atom stereocenters. The zero-order valence-electron chi connectivity index (χ0n) is 12.9. The van der Waals surface area contributed by atoms with Gasteiger partial charge in [-0.15, -0.1) is 0 Å². The van der Waals surface area contributed by atoms with E-state index in [0.29, 0.717) is 11.3 Å². The second-order valence-electron chi connectivity index (χ2n) is 5.18. The molecular formula is C18H17FN2O2. The van der Waals surface area contributed by atoms with Crippen molar-refractivity contribution in [2.24, 2.45) is 0 Å². The number of nitriles is 1. The van der Waals surface area contributed by atoms with Gasteiger partial charge < -0.3 is 10.1 Å². The molecule has 0 saturated heterocycles. The van der Waals surface area contributed by atoms with Gasteiger partial charge in [0.05, 0.1) is 17.7 Å². The first kappa shape index (κ1) is 16.5. The molecule has 2 rings (SSSR count). The zero-order valence-corrected chi connectivity index (χ0v) is 12.9. The maximum absolute atomic E-state index is 12.9. The topological polar surface area (TPSA) is 62.1 Å². The summed E-state index contributed by atoms with van der Waals surface area (Å²) in [6, 6.07) is 14.3. The minimum absolute atomic E-state index is 0.255. The van der Waals surface area contributed by atoms with Gasteiger partial charge in [-0.3, -0.25) is 4.79 Å². The lowest BCUT2D eigenvalue weighted by Gasteiger charge is -2.19. The van der Waals surface area contributed by atoms with E-state index in [2.05, 4.69) is 5.32 Å². The SMILES string of the molecule is C[C@H](NC(=O)[C@@H](C)Oc1ccc(C#N)cc1)c1ccc(F)cc1. The molecule has 1 N–H and O–H groups in total. The summed E-state index contributed by atoms with van der Waals surface area (Å²) >= 11 is 0. The van der Waals surface area contributed by atoms with Crippen LogP contribution in [0.4, 0.5) is 4.39 Å². The van der Waals surface area contributed by atoms with Gasteiger partial charge in [0, 0.05) is 0 Å². The van der Waals surface area contributed by atoms with Crippen LogP contribution in [0.5, 0.6) is 5.75 Å². The van der Waals surface area contributed by atoms with Gasteiger partial charge in [-0.05, 0) is 55.8 Å². The zero-order chi connectivity index (χ0) is 16.8. The summed E-state index contributed by atoms with van der Waals surface area (Å²) in [6.45, 7) is 3.46. The normalized spacial score (nSPS) is 12.8. The molecule has 0 saturated carbocycles. The van der Waals surface area contributed by atoms with Gasteiger partial charge in [-0.25, -0.2) is 4.39 Å². The Bertz CT molecular complexity index is 705. The number of hydrogen-bond donors (Lipinski definition) is 1. The molecule has 0 fully saturated rings. The number of carbonyl (C=O) groups is 1. The summed E-state index contributed by atoms with van der Waals surface area (Å²) < 4.78 is 18.5. The summed E-state index contributed by atoms with van der Waals surface area (Å²) in [5, 5.41) is 11.6. The lowest BCUT2D eigenvalue weighted by Crippen LogP contribution is -2.37. The van der Waals surface area contributed by atoms with E-state index in [1.54, 1.807) is 43.3 Å². The van der Waals surface area contributed by atoms with Crippen molar-refractivity contribution in [1.82, 2.24) is 5.32 Å². The van der Waals surface area contributed by atoms with Crippen LogP contribution in [-0.4, -0.2) is 12.0 Å². The van der Waals surface area contributed by atoms with Crippen molar-refractivity contribution in [1.29, 1.82) is 5.26 Å². The highest BCUT2D eigenvalue weighted by Gasteiger charge is 2.17. The van der Waals surface area contributed by atoms with E-state index in [1.807, 2.05) is 13.0 Å². The van der Waals surface area contributed by atoms with Gasteiger partial charge in [0.2, 0.25) is 0 Å². The second kappa shape index (κ2) is 7.41. The molecule has 4 nitrogen and oxygen atoms in total. The van der Waals surface area contributed by atoms with Crippen LogP contribution in [0.3, 0.4) is 0 Å².